The summed E-state index contributed by atoms with van der Waals surface area (Å²) in [6.07, 6.45) is 1.33. The van der Waals surface area contributed by atoms with Crippen molar-refractivity contribution in [1.29, 1.82) is 0 Å². The van der Waals surface area contributed by atoms with Gasteiger partial charge in [0.05, 0.1) is 12.8 Å². The van der Waals surface area contributed by atoms with E-state index in [2.05, 4.69) is 0 Å². The number of Topliss-reactive ketones (excluding diaryl/α,β-unsaturated/α-hetero) is 3. The summed E-state index contributed by atoms with van der Waals surface area (Å²) in [6, 6.07) is 0. The summed E-state index contributed by atoms with van der Waals surface area (Å²) in [5.41, 5.74) is 0. The van der Waals surface area contributed by atoms with Gasteiger partial charge in [0.1, 0.15) is 23.6 Å². The standard InChI is InChI=1S/C10H14O4/c1-8(12)7-10(14)4-2-3-9(13)5-6-11/h6H,2-5,7H2,1H3. The Morgan fingerprint density at radius 2 is 1.64 bits per heavy atom. The molecule has 0 spiro atoms. The number of rotatable bonds is 8. The van der Waals surface area contributed by atoms with E-state index in [-0.39, 0.29) is 43.0 Å². The van der Waals surface area contributed by atoms with Gasteiger partial charge in [-0.2, -0.15) is 0 Å². The van der Waals surface area contributed by atoms with Crippen LogP contribution < -0.4 is 0 Å². The van der Waals surface area contributed by atoms with Gasteiger partial charge in [-0.1, -0.05) is 0 Å². The average molecular weight is 198 g/mol. The van der Waals surface area contributed by atoms with Gasteiger partial charge in [-0.3, -0.25) is 14.4 Å². The highest BCUT2D eigenvalue weighted by atomic mass is 16.2. The molecule has 0 aromatic rings. The van der Waals surface area contributed by atoms with Crippen LogP contribution >= 0.6 is 0 Å². The number of hydrogen-bond donors (Lipinski definition) is 0. The largest absolute Gasteiger partial charge is 0.303 e. The molecule has 0 aliphatic heterocycles. The monoisotopic (exact) mass is 198 g/mol. The van der Waals surface area contributed by atoms with Crippen LogP contribution in [0.4, 0.5) is 0 Å². The van der Waals surface area contributed by atoms with Crippen molar-refractivity contribution in [2.75, 3.05) is 0 Å². The van der Waals surface area contributed by atoms with Gasteiger partial charge in [0.2, 0.25) is 0 Å². The van der Waals surface area contributed by atoms with Crippen molar-refractivity contribution in [2.24, 2.45) is 0 Å². The lowest BCUT2D eigenvalue weighted by Crippen LogP contribution is -2.05. The van der Waals surface area contributed by atoms with Gasteiger partial charge in [0.15, 0.2) is 0 Å². The quantitative estimate of drug-likeness (QED) is 0.428. The normalized spacial score (nSPS) is 9.50. The number of ketones is 3. The van der Waals surface area contributed by atoms with Gasteiger partial charge >= 0.3 is 0 Å². The molecule has 0 amide bonds. The molecule has 4 nitrogen and oxygen atoms in total. The van der Waals surface area contributed by atoms with E-state index in [0.29, 0.717) is 12.7 Å². The minimum Gasteiger partial charge on any atom is -0.303 e. The Bertz CT molecular complexity index is 243. The molecular formula is C10H14O4. The maximum absolute atomic E-state index is 11.0. The summed E-state index contributed by atoms with van der Waals surface area (Å²) >= 11 is 0. The maximum atomic E-state index is 11.0. The summed E-state index contributed by atoms with van der Waals surface area (Å²) in [7, 11) is 0. The molecule has 0 saturated carbocycles. The van der Waals surface area contributed by atoms with Crippen molar-refractivity contribution < 1.29 is 19.2 Å². The zero-order chi connectivity index (χ0) is 11.0. The van der Waals surface area contributed by atoms with E-state index in [1.54, 1.807) is 0 Å². The maximum Gasteiger partial charge on any atom is 0.140 e. The predicted octanol–water partition coefficient (Wildman–Crippen LogP) is 0.863. The molecule has 0 aromatic heterocycles. The predicted molar refractivity (Wildman–Crippen MR) is 49.8 cm³/mol. The number of hydrogen-bond acceptors (Lipinski definition) is 4. The summed E-state index contributed by atoms with van der Waals surface area (Å²) in [6.45, 7) is 1.36. The Labute approximate surface area is 82.7 Å². The number of aldehydes is 1. The first-order chi connectivity index (χ1) is 6.56. The minimum atomic E-state index is -0.158. The second-order valence-electron chi connectivity index (χ2n) is 3.18. The topological polar surface area (TPSA) is 68.3 Å². The van der Waals surface area contributed by atoms with E-state index >= 15 is 0 Å². The Morgan fingerprint density at radius 3 is 2.14 bits per heavy atom. The fourth-order valence-electron chi connectivity index (χ4n) is 1.04. The fraction of sp³-hybridized carbons (Fsp3) is 0.600. The van der Waals surface area contributed by atoms with Crippen molar-refractivity contribution in [3.05, 3.63) is 0 Å². The molecule has 0 radical (unpaired) electrons. The smallest absolute Gasteiger partial charge is 0.140 e. The van der Waals surface area contributed by atoms with Crippen molar-refractivity contribution in [3.63, 3.8) is 0 Å². The molecule has 0 aliphatic rings. The van der Waals surface area contributed by atoms with Crippen molar-refractivity contribution in [3.8, 4) is 0 Å². The molecule has 0 rings (SSSR count). The van der Waals surface area contributed by atoms with Gasteiger partial charge in [0, 0.05) is 12.8 Å². The van der Waals surface area contributed by atoms with Gasteiger partial charge in [0.25, 0.3) is 0 Å². The lowest BCUT2D eigenvalue weighted by Gasteiger charge is -1.97. The molecule has 0 N–H and O–H groups in total. The molecule has 0 heterocycles. The second kappa shape index (κ2) is 7.12. The highest BCUT2D eigenvalue weighted by Gasteiger charge is 2.06. The third kappa shape index (κ3) is 7.34. The van der Waals surface area contributed by atoms with E-state index in [1.807, 2.05) is 0 Å². The van der Waals surface area contributed by atoms with Crippen LogP contribution in [0.5, 0.6) is 0 Å². The van der Waals surface area contributed by atoms with E-state index < -0.39 is 0 Å². The summed E-state index contributed by atoms with van der Waals surface area (Å²) in [5, 5.41) is 0. The van der Waals surface area contributed by atoms with Crippen molar-refractivity contribution >= 4 is 23.6 Å². The van der Waals surface area contributed by atoms with Gasteiger partial charge < -0.3 is 4.79 Å². The molecule has 0 unspecified atom stereocenters. The van der Waals surface area contributed by atoms with Crippen molar-refractivity contribution in [1.82, 2.24) is 0 Å². The molecule has 0 bridgehead atoms. The van der Waals surface area contributed by atoms with E-state index in [9.17, 15) is 19.2 Å². The molecular weight excluding hydrogens is 184 g/mol. The summed E-state index contributed by atoms with van der Waals surface area (Å²) < 4.78 is 0. The zero-order valence-electron chi connectivity index (χ0n) is 8.25. The van der Waals surface area contributed by atoms with Crippen molar-refractivity contribution in [2.45, 2.75) is 39.0 Å². The molecule has 78 valence electrons. The fourth-order valence-corrected chi connectivity index (χ4v) is 1.04. The van der Waals surface area contributed by atoms with Crippen LogP contribution in [0.1, 0.15) is 39.0 Å². The molecule has 0 saturated heterocycles. The first-order valence-electron chi connectivity index (χ1n) is 4.52. The highest BCUT2D eigenvalue weighted by Crippen LogP contribution is 2.01. The van der Waals surface area contributed by atoms with Gasteiger partial charge in [-0.25, -0.2) is 0 Å². The van der Waals surface area contributed by atoms with Crippen LogP contribution in [-0.2, 0) is 19.2 Å². The van der Waals surface area contributed by atoms with Crippen LogP contribution in [0.2, 0.25) is 0 Å². The lowest BCUT2D eigenvalue weighted by atomic mass is 10.1. The van der Waals surface area contributed by atoms with Gasteiger partial charge in [-0.05, 0) is 13.3 Å². The minimum absolute atomic E-state index is 0.0537. The lowest BCUT2D eigenvalue weighted by molar-refractivity contribution is -0.125. The number of carbonyl (C=O) groups is 4. The van der Waals surface area contributed by atoms with Gasteiger partial charge in [-0.15, -0.1) is 0 Å². The average Bonchev–Trinajstić information content (AvgIpc) is 2.02. The van der Waals surface area contributed by atoms with E-state index in [4.69, 9.17) is 0 Å². The Hall–Kier alpha value is -1.32. The SMILES string of the molecule is CC(=O)CC(=O)CCCC(=O)CC=O. The van der Waals surface area contributed by atoms with Crippen LogP contribution in [0.15, 0.2) is 0 Å². The molecule has 0 aliphatic carbocycles. The van der Waals surface area contributed by atoms with Crippen LogP contribution in [0.25, 0.3) is 0 Å². The zero-order valence-corrected chi connectivity index (χ0v) is 8.25. The van der Waals surface area contributed by atoms with Crippen LogP contribution in [-0.4, -0.2) is 23.6 Å². The Balaban J connectivity index is 3.53. The molecule has 0 fully saturated rings. The Morgan fingerprint density at radius 1 is 1.07 bits per heavy atom. The summed E-state index contributed by atoms with van der Waals surface area (Å²) in [4.78, 5) is 42.3. The highest BCUT2D eigenvalue weighted by molar-refractivity contribution is 5.98. The third-order valence-corrected chi connectivity index (χ3v) is 1.67. The first kappa shape index (κ1) is 12.7. The van der Waals surface area contributed by atoms with E-state index in [1.165, 1.54) is 6.92 Å². The van der Waals surface area contributed by atoms with E-state index in [0.717, 1.165) is 0 Å². The molecule has 4 heteroatoms. The second-order valence-corrected chi connectivity index (χ2v) is 3.18. The number of carbonyl (C=O) groups excluding carboxylic acids is 4. The third-order valence-electron chi connectivity index (χ3n) is 1.67. The molecule has 0 aromatic carbocycles. The van der Waals surface area contributed by atoms with Crippen LogP contribution in [0.3, 0.4) is 0 Å². The first-order valence-corrected chi connectivity index (χ1v) is 4.52. The molecule has 0 atom stereocenters. The summed E-state index contributed by atoms with van der Waals surface area (Å²) in [5.74, 6) is -0.457. The Kier molecular flexibility index (Phi) is 6.45. The molecule has 14 heavy (non-hydrogen) atoms. The van der Waals surface area contributed by atoms with Crippen LogP contribution in [0, 0.1) is 0 Å².